The average Bonchev–Trinajstić information content (AvgIpc) is 2.74. The maximum absolute atomic E-state index is 4.24. The molecule has 1 N–H and O–H groups in total. The standard InChI is InChI=1S/C12H14BrN3/c1-14-8-6-10-2-4-11(5-3-10)16-12(13)7-9-15-16/h2-5,7,9,14H,6,8H2,1H3. The second kappa shape index (κ2) is 5.27. The monoisotopic (exact) mass is 279 g/mol. The van der Waals surface area contributed by atoms with Crippen molar-refractivity contribution in [2.45, 2.75) is 6.42 Å². The van der Waals surface area contributed by atoms with Gasteiger partial charge in [-0.15, -0.1) is 0 Å². The van der Waals surface area contributed by atoms with Gasteiger partial charge < -0.3 is 5.32 Å². The summed E-state index contributed by atoms with van der Waals surface area (Å²) in [5, 5.41) is 7.38. The predicted molar refractivity (Wildman–Crippen MR) is 68.9 cm³/mol. The van der Waals surface area contributed by atoms with Crippen molar-refractivity contribution >= 4 is 15.9 Å². The summed E-state index contributed by atoms with van der Waals surface area (Å²) in [7, 11) is 1.97. The van der Waals surface area contributed by atoms with Gasteiger partial charge in [0.15, 0.2) is 0 Å². The summed E-state index contributed by atoms with van der Waals surface area (Å²) in [4.78, 5) is 0. The van der Waals surface area contributed by atoms with Crippen LogP contribution in [0.1, 0.15) is 5.56 Å². The van der Waals surface area contributed by atoms with Crippen molar-refractivity contribution in [3.05, 3.63) is 46.7 Å². The molecule has 0 saturated heterocycles. The Morgan fingerprint density at radius 1 is 1.25 bits per heavy atom. The van der Waals surface area contributed by atoms with Crippen LogP contribution >= 0.6 is 15.9 Å². The maximum atomic E-state index is 4.24. The van der Waals surface area contributed by atoms with Gasteiger partial charge in [-0.2, -0.15) is 5.10 Å². The lowest BCUT2D eigenvalue weighted by molar-refractivity contribution is 0.790. The van der Waals surface area contributed by atoms with Crippen molar-refractivity contribution in [2.75, 3.05) is 13.6 Å². The third-order valence-corrected chi connectivity index (χ3v) is 3.04. The van der Waals surface area contributed by atoms with Gasteiger partial charge in [-0.25, -0.2) is 4.68 Å². The van der Waals surface area contributed by atoms with Crippen molar-refractivity contribution < 1.29 is 0 Å². The zero-order valence-corrected chi connectivity index (χ0v) is 10.7. The molecule has 0 bridgehead atoms. The van der Waals surface area contributed by atoms with E-state index in [1.807, 2.05) is 17.8 Å². The number of likely N-dealkylation sites (N-methyl/N-ethyl adjacent to an activating group) is 1. The lowest BCUT2D eigenvalue weighted by Gasteiger charge is -2.05. The SMILES string of the molecule is CNCCc1ccc(-n2nccc2Br)cc1. The molecule has 0 aliphatic carbocycles. The number of nitrogens with one attached hydrogen (secondary N) is 1. The molecule has 0 fully saturated rings. The molecule has 0 atom stereocenters. The largest absolute Gasteiger partial charge is 0.319 e. The smallest absolute Gasteiger partial charge is 0.109 e. The Hall–Kier alpha value is -1.13. The molecule has 0 unspecified atom stereocenters. The number of benzene rings is 1. The van der Waals surface area contributed by atoms with E-state index in [9.17, 15) is 0 Å². The highest BCUT2D eigenvalue weighted by molar-refractivity contribution is 9.10. The van der Waals surface area contributed by atoms with Crippen LogP contribution in [0.15, 0.2) is 41.1 Å². The highest BCUT2D eigenvalue weighted by Gasteiger charge is 2.01. The topological polar surface area (TPSA) is 29.9 Å². The number of aromatic nitrogens is 2. The van der Waals surface area contributed by atoms with E-state index in [2.05, 4.69) is 50.6 Å². The van der Waals surface area contributed by atoms with Crippen molar-refractivity contribution in [2.24, 2.45) is 0 Å². The van der Waals surface area contributed by atoms with Gasteiger partial charge >= 0.3 is 0 Å². The fraction of sp³-hybridized carbons (Fsp3) is 0.250. The molecule has 0 aliphatic heterocycles. The molecular weight excluding hydrogens is 266 g/mol. The molecule has 0 saturated carbocycles. The molecule has 2 rings (SSSR count). The zero-order valence-electron chi connectivity index (χ0n) is 9.15. The molecule has 1 aromatic heterocycles. The Morgan fingerprint density at radius 3 is 2.56 bits per heavy atom. The van der Waals surface area contributed by atoms with E-state index < -0.39 is 0 Å². The van der Waals surface area contributed by atoms with Gasteiger partial charge in [-0.3, -0.25) is 0 Å². The molecule has 1 aromatic carbocycles. The van der Waals surface area contributed by atoms with Crippen LogP contribution in [-0.4, -0.2) is 23.4 Å². The molecule has 4 heteroatoms. The van der Waals surface area contributed by atoms with Crippen molar-refractivity contribution in [3.63, 3.8) is 0 Å². The van der Waals surface area contributed by atoms with Gasteiger partial charge in [0.1, 0.15) is 4.60 Å². The second-order valence-corrected chi connectivity index (χ2v) is 4.40. The number of nitrogens with zero attached hydrogens (tertiary/aromatic N) is 2. The third kappa shape index (κ3) is 2.51. The first-order valence-corrected chi connectivity index (χ1v) is 6.04. The molecule has 0 radical (unpaired) electrons. The zero-order chi connectivity index (χ0) is 11.4. The first-order chi connectivity index (χ1) is 7.81. The summed E-state index contributed by atoms with van der Waals surface area (Å²) in [6.45, 7) is 1.00. The Labute approximate surface area is 104 Å². The number of halogens is 1. The Kier molecular flexibility index (Phi) is 3.74. The van der Waals surface area contributed by atoms with E-state index in [-0.39, 0.29) is 0 Å². The summed E-state index contributed by atoms with van der Waals surface area (Å²) >= 11 is 3.45. The van der Waals surface area contributed by atoms with Crippen LogP contribution in [0.5, 0.6) is 0 Å². The highest BCUT2D eigenvalue weighted by atomic mass is 79.9. The van der Waals surface area contributed by atoms with Crippen LogP contribution in [0.4, 0.5) is 0 Å². The summed E-state index contributed by atoms with van der Waals surface area (Å²) in [5.74, 6) is 0. The number of rotatable bonds is 4. The first kappa shape index (κ1) is 11.4. The molecule has 3 nitrogen and oxygen atoms in total. The van der Waals surface area contributed by atoms with Gasteiger partial charge in [0, 0.05) is 0 Å². The van der Waals surface area contributed by atoms with Crippen LogP contribution in [0.2, 0.25) is 0 Å². The molecule has 0 aliphatic rings. The van der Waals surface area contributed by atoms with Crippen molar-refractivity contribution in [1.82, 2.24) is 15.1 Å². The van der Waals surface area contributed by atoms with Gasteiger partial charge in [0.25, 0.3) is 0 Å². The van der Waals surface area contributed by atoms with Crippen LogP contribution in [0.3, 0.4) is 0 Å². The third-order valence-electron chi connectivity index (χ3n) is 2.44. The number of hydrogen-bond acceptors (Lipinski definition) is 2. The molecular formula is C12H14BrN3. The normalized spacial score (nSPS) is 10.6. The van der Waals surface area contributed by atoms with Crippen LogP contribution < -0.4 is 5.32 Å². The van der Waals surface area contributed by atoms with Gasteiger partial charge in [0.2, 0.25) is 0 Å². The summed E-state index contributed by atoms with van der Waals surface area (Å²) in [6, 6.07) is 10.4. The highest BCUT2D eigenvalue weighted by Crippen LogP contribution is 2.16. The first-order valence-electron chi connectivity index (χ1n) is 5.24. The summed E-state index contributed by atoms with van der Waals surface area (Å²) < 4.78 is 2.83. The van der Waals surface area contributed by atoms with Crippen LogP contribution in [0, 0.1) is 0 Å². The number of hydrogen-bond donors (Lipinski definition) is 1. The van der Waals surface area contributed by atoms with E-state index >= 15 is 0 Å². The Bertz CT molecular complexity index is 448. The molecule has 0 amide bonds. The van der Waals surface area contributed by atoms with E-state index in [0.717, 1.165) is 23.3 Å². The lowest BCUT2D eigenvalue weighted by atomic mass is 10.1. The van der Waals surface area contributed by atoms with Gasteiger partial charge in [-0.05, 0) is 59.7 Å². The maximum Gasteiger partial charge on any atom is 0.109 e. The van der Waals surface area contributed by atoms with Crippen molar-refractivity contribution in [1.29, 1.82) is 0 Å². The Morgan fingerprint density at radius 2 is 2.00 bits per heavy atom. The quantitative estimate of drug-likeness (QED) is 0.932. The predicted octanol–water partition coefficient (Wildman–Crippen LogP) is 2.40. The van der Waals surface area contributed by atoms with Gasteiger partial charge in [0.05, 0.1) is 11.9 Å². The lowest BCUT2D eigenvalue weighted by Crippen LogP contribution is -2.10. The minimum Gasteiger partial charge on any atom is -0.319 e. The molecule has 16 heavy (non-hydrogen) atoms. The van der Waals surface area contributed by atoms with E-state index in [0.29, 0.717) is 0 Å². The van der Waals surface area contributed by atoms with Crippen LogP contribution in [0.25, 0.3) is 5.69 Å². The molecule has 1 heterocycles. The van der Waals surface area contributed by atoms with Gasteiger partial charge in [-0.1, -0.05) is 12.1 Å². The fourth-order valence-electron chi connectivity index (χ4n) is 1.55. The molecule has 2 aromatic rings. The van der Waals surface area contributed by atoms with E-state index in [1.54, 1.807) is 6.20 Å². The molecule has 0 spiro atoms. The van der Waals surface area contributed by atoms with E-state index in [1.165, 1.54) is 5.56 Å². The fourth-order valence-corrected chi connectivity index (χ4v) is 1.96. The second-order valence-electron chi connectivity index (χ2n) is 3.59. The van der Waals surface area contributed by atoms with Crippen molar-refractivity contribution in [3.8, 4) is 5.69 Å². The summed E-state index contributed by atoms with van der Waals surface area (Å²) in [5.41, 5.74) is 2.41. The molecule has 84 valence electrons. The van der Waals surface area contributed by atoms with E-state index in [4.69, 9.17) is 0 Å². The average molecular weight is 280 g/mol. The minimum absolute atomic E-state index is 0.968. The minimum atomic E-state index is 0.968. The Balaban J connectivity index is 2.16. The summed E-state index contributed by atoms with van der Waals surface area (Å²) in [6.07, 6.45) is 2.83. The van der Waals surface area contributed by atoms with Crippen LogP contribution in [-0.2, 0) is 6.42 Å².